The van der Waals surface area contributed by atoms with Gasteiger partial charge in [-0.3, -0.25) is 9.36 Å². The highest BCUT2D eigenvalue weighted by atomic mass is 35.5. The Morgan fingerprint density at radius 1 is 1.40 bits per heavy atom. The van der Waals surface area contributed by atoms with Gasteiger partial charge in [0.15, 0.2) is 0 Å². The van der Waals surface area contributed by atoms with Gasteiger partial charge >= 0.3 is 0 Å². The van der Waals surface area contributed by atoms with Crippen LogP contribution < -0.4 is 5.56 Å². The summed E-state index contributed by atoms with van der Waals surface area (Å²) in [6.07, 6.45) is 1.43. The first-order valence-electron chi connectivity index (χ1n) is 4.11. The molecule has 0 aliphatic heterocycles. The molecule has 0 atom stereocenters. The van der Waals surface area contributed by atoms with Crippen LogP contribution in [0, 0.1) is 0 Å². The maximum atomic E-state index is 11.5. The molecule has 2 aromatic rings. The molecule has 2 rings (SSSR count). The molecule has 0 amide bonds. The van der Waals surface area contributed by atoms with Crippen molar-refractivity contribution in [1.82, 2.24) is 9.55 Å². The van der Waals surface area contributed by atoms with Crippen LogP contribution in [0.3, 0.4) is 0 Å². The molecular weight excluding hydrogens is 255 g/mol. The summed E-state index contributed by atoms with van der Waals surface area (Å²) in [7, 11) is 0. The molecular formula is C9H6Cl2N2OS. The molecule has 0 saturated carbocycles. The van der Waals surface area contributed by atoms with Gasteiger partial charge in [0.25, 0.3) is 5.56 Å². The maximum absolute atomic E-state index is 11.5. The lowest BCUT2D eigenvalue weighted by Gasteiger charge is -2.01. The first kappa shape index (κ1) is 10.7. The number of nitrogens with zero attached hydrogens (tertiary/aromatic N) is 2. The van der Waals surface area contributed by atoms with Crippen LogP contribution in [0.15, 0.2) is 29.3 Å². The molecule has 78 valence electrons. The monoisotopic (exact) mass is 260 g/mol. The minimum absolute atomic E-state index is 0.167. The van der Waals surface area contributed by atoms with E-state index in [1.807, 2.05) is 6.07 Å². The summed E-state index contributed by atoms with van der Waals surface area (Å²) in [5.74, 6) is 0. The molecule has 0 radical (unpaired) electrons. The minimum atomic E-state index is -0.167. The fraction of sp³-hybridized carbons (Fsp3) is 0.111. The Morgan fingerprint density at radius 2 is 2.20 bits per heavy atom. The molecule has 0 aliphatic rings. The molecule has 2 heterocycles. The molecule has 0 fully saturated rings. The molecule has 0 spiro atoms. The summed E-state index contributed by atoms with van der Waals surface area (Å²) in [6.45, 7) is 0.473. The van der Waals surface area contributed by atoms with Gasteiger partial charge in [0, 0.05) is 10.9 Å². The fourth-order valence-electron chi connectivity index (χ4n) is 1.13. The Kier molecular flexibility index (Phi) is 3.09. The highest BCUT2D eigenvalue weighted by Gasteiger charge is 2.02. The summed E-state index contributed by atoms with van der Waals surface area (Å²) < 4.78 is 2.19. The highest BCUT2D eigenvalue weighted by molar-refractivity contribution is 7.16. The van der Waals surface area contributed by atoms with Crippen molar-refractivity contribution in [2.75, 3.05) is 0 Å². The summed E-state index contributed by atoms with van der Waals surface area (Å²) >= 11 is 12.8. The van der Waals surface area contributed by atoms with E-state index in [1.54, 1.807) is 6.07 Å². The lowest BCUT2D eigenvalue weighted by Crippen LogP contribution is -2.19. The number of aromatic nitrogens is 2. The van der Waals surface area contributed by atoms with E-state index in [0.717, 1.165) is 4.88 Å². The molecule has 0 aliphatic carbocycles. The van der Waals surface area contributed by atoms with Gasteiger partial charge in [-0.15, -0.1) is 11.3 Å². The summed E-state index contributed by atoms with van der Waals surface area (Å²) in [5.41, 5.74) is -0.167. The standard InChI is InChI=1S/C9H6Cl2N2OS/c10-7-3-9(14)13(5-12-7)4-6-1-2-8(11)15-6/h1-3,5H,4H2. The van der Waals surface area contributed by atoms with Crippen molar-refractivity contribution in [2.24, 2.45) is 0 Å². The largest absolute Gasteiger partial charge is 0.294 e. The SMILES string of the molecule is O=c1cc(Cl)ncn1Cc1ccc(Cl)s1. The van der Waals surface area contributed by atoms with Crippen molar-refractivity contribution in [1.29, 1.82) is 0 Å². The van der Waals surface area contributed by atoms with E-state index in [2.05, 4.69) is 4.98 Å². The second-order valence-corrected chi connectivity index (χ2v) is 5.07. The normalized spacial score (nSPS) is 10.5. The second kappa shape index (κ2) is 4.35. The zero-order valence-electron chi connectivity index (χ0n) is 7.48. The van der Waals surface area contributed by atoms with E-state index in [-0.39, 0.29) is 10.7 Å². The molecule has 0 saturated heterocycles. The van der Waals surface area contributed by atoms with Crippen molar-refractivity contribution in [3.8, 4) is 0 Å². The van der Waals surface area contributed by atoms with Gasteiger partial charge in [-0.2, -0.15) is 0 Å². The Labute approximate surface area is 99.9 Å². The smallest absolute Gasteiger partial charge is 0.255 e. The number of thiophene rings is 1. The van der Waals surface area contributed by atoms with Crippen LogP contribution in [-0.4, -0.2) is 9.55 Å². The average molecular weight is 261 g/mol. The summed E-state index contributed by atoms with van der Waals surface area (Å²) in [4.78, 5) is 16.3. The van der Waals surface area contributed by atoms with Crippen LogP contribution in [0.5, 0.6) is 0 Å². The zero-order chi connectivity index (χ0) is 10.8. The van der Waals surface area contributed by atoms with Crippen LogP contribution in [-0.2, 0) is 6.54 Å². The third kappa shape index (κ3) is 2.59. The van der Waals surface area contributed by atoms with E-state index >= 15 is 0 Å². The van der Waals surface area contributed by atoms with Gasteiger partial charge in [-0.25, -0.2) is 4.98 Å². The van der Waals surface area contributed by atoms with E-state index in [4.69, 9.17) is 23.2 Å². The van der Waals surface area contributed by atoms with Gasteiger partial charge in [-0.05, 0) is 12.1 Å². The number of hydrogen-bond donors (Lipinski definition) is 0. The van der Waals surface area contributed by atoms with Crippen LogP contribution in [0.4, 0.5) is 0 Å². The highest BCUT2D eigenvalue weighted by Crippen LogP contribution is 2.21. The Bertz CT molecular complexity index is 535. The van der Waals surface area contributed by atoms with Gasteiger partial charge < -0.3 is 0 Å². The first-order valence-corrected chi connectivity index (χ1v) is 5.68. The number of halogens is 2. The van der Waals surface area contributed by atoms with Crippen LogP contribution in [0.2, 0.25) is 9.49 Å². The van der Waals surface area contributed by atoms with Crippen molar-refractivity contribution in [3.05, 3.63) is 49.2 Å². The molecule has 0 bridgehead atoms. The maximum Gasteiger partial charge on any atom is 0.255 e. The van der Waals surface area contributed by atoms with E-state index < -0.39 is 0 Å². The molecule has 0 N–H and O–H groups in total. The van der Waals surface area contributed by atoms with Crippen LogP contribution in [0.25, 0.3) is 0 Å². The van der Waals surface area contributed by atoms with Crippen molar-refractivity contribution in [2.45, 2.75) is 6.54 Å². The molecule has 15 heavy (non-hydrogen) atoms. The third-order valence-corrected chi connectivity index (χ3v) is 3.22. The molecule has 0 aromatic carbocycles. The van der Waals surface area contributed by atoms with Gasteiger partial charge in [0.05, 0.1) is 17.2 Å². The predicted molar refractivity (Wildman–Crippen MR) is 61.9 cm³/mol. The molecule has 0 unspecified atom stereocenters. The van der Waals surface area contributed by atoms with E-state index in [0.29, 0.717) is 10.9 Å². The number of rotatable bonds is 2. The van der Waals surface area contributed by atoms with E-state index in [1.165, 1.54) is 28.3 Å². The Morgan fingerprint density at radius 3 is 2.80 bits per heavy atom. The first-order chi connectivity index (χ1) is 7.15. The van der Waals surface area contributed by atoms with Gasteiger partial charge in [0.1, 0.15) is 5.15 Å². The predicted octanol–water partition coefficient (Wildman–Crippen LogP) is 2.66. The quantitative estimate of drug-likeness (QED) is 0.779. The zero-order valence-corrected chi connectivity index (χ0v) is 9.81. The van der Waals surface area contributed by atoms with Crippen LogP contribution >= 0.6 is 34.5 Å². The summed E-state index contributed by atoms with van der Waals surface area (Å²) in [5, 5.41) is 0.209. The summed E-state index contributed by atoms with van der Waals surface area (Å²) in [6, 6.07) is 4.97. The van der Waals surface area contributed by atoms with Gasteiger partial charge in [0.2, 0.25) is 0 Å². The third-order valence-electron chi connectivity index (χ3n) is 1.80. The van der Waals surface area contributed by atoms with Crippen LogP contribution in [0.1, 0.15) is 4.88 Å². The molecule has 3 nitrogen and oxygen atoms in total. The average Bonchev–Trinajstić information content (AvgIpc) is 2.56. The fourth-order valence-corrected chi connectivity index (χ4v) is 2.35. The van der Waals surface area contributed by atoms with Crippen molar-refractivity contribution >= 4 is 34.5 Å². The second-order valence-electron chi connectivity index (χ2n) is 2.88. The minimum Gasteiger partial charge on any atom is -0.294 e. The lowest BCUT2D eigenvalue weighted by molar-refractivity contribution is 0.745. The number of hydrogen-bond acceptors (Lipinski definition) is 3. The van der Waals surface area contributed by atoms with E-state index in [9.17, 15) is 4.79 Å². The Hall–Kier alpha value is -0.840. The van der Waals surface area contributed by atoms with Crippen molar-refractivity contribution < 1.29 is 0 Å². The topological polar surface area (TPSA) is 34.9 Å². The molecule has 2 aromatic heterocycles. The molecule has 6 heteroatoms. The van der Waals surface area contributed by atoms with Gasteiger partial charge in [-0.1, -0.05) is 23.2 Å². The lowest BCUT2D eigenvalue weighted by atomic mass is 10.4. The Balaban J connectivity index is 2.28. The van der Waals surface area contributed by atoms with Crippen molar-refractivity contribution in [3.63, 3.8) is 0 Å².